The Morgan fingerprint density at radius 1 is 1.16 bits per heavy atom. The van der Waals surface area contributed by atoms with Crippen LogP contribution < -0.4 is 21.3 Å². The average molecular weight is 516 g/mol. The van der Waals surface area contributed by atoms with Gasteiger partial charge >= 0.3 is 6.18 Å². The number of nitrogens with one attached hydrogen (secondary N) is 1. The summed E-state index contributed by atoms with van der Waals surface area (Å²) in [5, 5.41) is 3.01. The lowest BCUT2D eigenvalue weighted by Gasteiger charge is -2.23. The maximum atomic E-state index is 13.7. The number of benzene rings is 2. The van der Waals surface area contributed by atoms with E-state index < -0.39 is 18.3 Å². The molecule has 4 rings (SSSR count). The van der Waals surface area contributed by atoms with Crippen molar-refractivity contribution in [2.45, 2.75) is 20.0 Å². The third kappa shape index (κ3) is 6.29. The average Bonchev–Trinajstić information content (AvgIpc) is 2.89. The molecule has 3 N–H and O–H groups in total. The van der Waals surface area contributed by atoms with Gasteiger partial charge in [-0.25, -0.2) is 0 Å². The van der Waals surface area contributed by atoms with E-state index in [9.17, 15) is 18.0 Å². The van der Waals surface area contributed by atoms with Crippen LogP contribution in [0.1, 0.15) is 19.4 Å². The zero-order chi connectivity index (χ0) is 27.2. The number of hydrogen-bond acceptors (Lipinski definition) is 7. The van der Waals surface area contributed by atoms with E-state index in [2.05, 4.69) is 15.3 Å². The zero-order valence-corrected chi connectivity index (χ0v) is 20.9. The number of halogens is 3. The molecule has 37 heavy (non-hydrogen) atoms. The van der Waals surface area contributed by atoms with Gasteiger partial charge in [0, 0.05) is 30.1 Å². The van der Waals surface area contributed by atoms with Gasteiger partial charge in [-0.05, 0) is 48.0 Å². The Morgan fingerprint density at radius 3 is 2.49 bits per heavy atom. The van der Waals surface area contributed by atoms with Crippen LogP contribution in [0.15, 0.2) is 63.3 Å². The Morgan fingerprint density at radius 2 is 1.86 bits per heavy atom. The number of pyridine rings is 1. The van der Waals surface area contributed by atoms with Crippen LogP contribution >= 0.6 is 0 Å². The van der Waals surface area contributed by atoms with E-state index in [0.29, 0.717) is 39.5 Å². The van der Waals surface area contributed by atoms with Gasteiger partial charge in [0.05, 0.1) is 25.0 Å². The van der Waals surface area contributed by atoms with Crippen molar-refractivity contribution in [3.8, 4) is 22.6 Å². The standard InChI is InChI=1S/C24H22F3N5O3.C2H6/c1-29-11-15-9-14(3-8-19(15)28)18-10-20-22(31-21(12-30-20)35-13-24(25,26)27)32(23(18)33)16-4-6-17(34-2)7-5-16;1-2/h3-11,30H,12-13,28H2,1-2H3;1-2H3. The number of nitrogens with two attached hydrogens (primary N) is 1. The molecule has 3 aromatic rings. The third-order valence-electron chi connectivity index (χ3n) is 5.23. The quantitative estimate of drug-likeness (QED) is 0.359. The summed E-state index contributed by atoms with van der Waals surface area (Å²) < 4.78 is 49.3. The van der Waals surface area contributed by atoms with E-state index in [1.54, 1.807) is 61.8 Å². The highest BCUT2D eigenvalue weighted by Gasteiger charge is 2.30. The summed E-state index contributed by atoms with van der Waals surface area (Å²) in [5.74, 6) is 0.515. The Balaban J connectivity index is 0.00000186. The number of rotatable bonds is 5. The predicted molar refractivity (Wildman–Crippen MR) is 141 cm³/mol. The summed E-state index contributed by atoms with van der Waals surface area (Å²) in [6.45, 7) is 2.44. The van der Waals surface area contributed by atoms with Crippen LogP contribution in [0.4, 0.5) is 30.4 Å². The Labute approximate surface area is 212 Å². The molecule has 2 aromatic carbocycles. The number of hydrogen-bond donors (Lipinski definition) is 2. The van der Waals surface area contributed by atoms with Gasteiger partial charge in [-0.15, -0.1) is 0 Å². The second kappa shape index (κ2) is 11.6. The van der Waals surface area contributed by atoms with Crippen molar-refractivity contribution in [3.63, 3.8) is 0 Å². The van der Waals surface area contributed by atoms with Crippen molar-refractivity contribution in [2.24, 2.45) is 9.98 Å². The molecule has 8 nitrogen and oxygen atoms in total. The zero-order valence-electron chi connectivity index (χ0n) is 20.9. The number of nitrogen functional groups attached to an aromatic ring is 1. The number of aliphatic imine (C=N–C) groups is 2. The summed E-state index contributed by atoms with van der Waals surface area (Å²) in [5.41, 5.74) is 8.57. The maximum Gasteiger partial charge on any atom is 0.422 e. The van der Waals surface area contributed by atoms with Crippen molar-refractivity contribution in [1.29, 1.82) is 0 Å². The molecule has 0 bridgehead atoms. The maximum absolute atomic E-state index is 13.7. The van der Waals surface area contributed by atoms with E-state index in [0.717, 1.165) is 0 Å². The monoisotopic (exact) mass is 515 g/mol. The lowest BCUT2D eigenvalue weighted by molar-refractivity contribution is -0.156. The van der Waals surface area contributed by atoms with E-state index in [1.165, 1.54) is 11.7 Å². The van der Waals surface area contributed by atoms with Crippen LogP contribution in [0.25, 0.3) is 16.8 Å². The van der Waals surface area contributed by atoms with Crippen molar-refractivity contribution in [1.82, 2.24) is 4.57 Å². The smallest absolute Gasteiger partial charge is 0.422 e. The van der Waals surface area contributed by atoms with Gasteiger partial charge in [0.15, 0.2) is 12.4 Å². The normalized spacial score (nSPS) is 12.7. The van der Waals surface area contributed by atoms with Crippen molar-refractivity contribution in [3.05, 3.63) is 64.4 Å². The molecule has 11 heteroatoms. The largest absolute Gasteiger partial charge is 0.497 e. The molecule has 0 aliphatic carbocycles. The van der Waals surface area contributed by atoms with Crippen molar-refractivity contribution in [2.75, 3.05) is 38.4 Å². The minimum Gasteiger partial charge on any atom is -0.497 e. The number of ether oxygens (including phenoxy) is 2. The highest BCUT2D eigenvalue weighted by Crippen LogP contribution is 2.34. The fraction of sp³-hybridized carbons (Fsp3) is 0.269. The molecule has 0 spiro atoms. The minimum absolute atomic E-state index is 0.0706. The second-order valence-corrected chi connectivity index (χ2v) is 7.63. The number of alkyl halides is 3. The molecule has 0 unspecified atom stereocenters. The first kappa shape index (κ1) is 27.3. The van der Waals surface area contributed by atoms with Crippen molar-refractivity contribution < 1.29 is 22.6 Å². The lowest BCUT2D eigenvalue weighted by atomic mass is 10.0. The Kier molecular flexibility index (Phi) is 8.59. The fourth-order valence-electron chi connectivity index (χ4n) is 3.60. The number of methoxy groups -OCH3 is 1. The van der Waals surface area contributed by atoms with Gasteiger partial charge < -0.3 is 20.5 Å². The summed E-state index contributed by atoms with van der Waals surface area (Å²) in [6.07, 6.45) is -2.93. The van der Waals surface area contributed by atoms with E-state index in [1.807, 2.05) is 13.8 Å². The Hall–Kier alpha value is -4.28. The SMILES string of the molecule is CC.CN=Cc1cc(-c2cc3c(n(-c4ccc(OC)cc4)c2=O)N=C(OCC(F)(F)F)CN3)ccc1N. The summed E-state index contributed by atoms with van der Waals surface area (Å²) in [7, 11) is 3.13. The van der Waals surface area contributed by atoms with Crippen LogP contribution in [0.3, 0.4) is 0 Å². The molecule has 1 aromatic heterocycles. The molecule has 0 radical (unpaired) electrons. The molecule has 1 aliphatic heterocycles. The fourth-order valence-corrected chi connectivity index (χ4v) is 3.60. The number of anilines is 2. The highest BCUT2D eigenvalue weighted by atomic mass is 19.4. The first-order valence-corrected chi connectivity index (χ1v) is 11.5. The molecule has 0 atom stereocenters. The first-order chi connectivity index (χ1) is 17.7. The predicted octanol–water partition coefficient (Wildman–Crippen LogP) is 5.20. The molecule has 2 heterocycles. The summed E-state index contributed by atoms with van der Waals surface area (Å²) >= 11 is 0. The second-order valence-electron chi connectivity index (χ2n) is 7.63. The molecular formula is C26H28F3N5O3. The number of nitrogens with zero attached hydrogens (tertiary/aromatic N) is 3. The van der Waals surface area contributed by atoms with Gasteiger partial charge in [-0.1, -0.05) is 19.9 Å². The topological polar surface area (TPSA) is 103 Å². The molecule has 196 valence electrons. The van der Waals surface area contributed by atoms with Gasteiger partial charge in [0.2, 0.25) is 5.90 Å². The van der Waals surface area contributed by atoms with Crippen LogP contribution in [-0.2, 0) is 4.74 Å². The summed E-state index contributed by atoms with van der Waals surface area (Å²) in [4.78, 5) is 22.0. The molecule has 0 amide bonds. The lowest BCUT2D eigenvalue weighted by Crippen LogP contribution is -2.29. The molecular weight excluding hydrogens is 487 g/mol. The first-order valence-electron chi connectivity index (χ1n) is 11.5. The number of fused-ring (bicyclic) bond motifs is 1. The van der Waals surface area contributed by atoms with Crippen LogP contribution in [-0.4, -0.2) is 50.2 Å². The van der Waals surface area contributed by atoms with E-state index >= 15 is 0 Å². The van der Waals surface area contributed by atoms with Gasteiger partial charge in [-0.3, -0.25) is 14.4 Å². The van der Waals surface area contributed by atoms with Gasteiger partial charge in [0.1, 0.15) is 5.75 Å². The van der Waals surface area contributed by atoms with Crippen LogP contribution in [0.2, 0.25) is 0 Å². The Bertz CT molecular complexity index is 1360. The molecule has 0 fully saturated rings. The van der Waals surface area contributed by atoms with Gasteiger partial charge in [0.25, 0.3) is 5.56 Å². The van der Waals surface area contributed by atoms with E-state index in [-0.39, 0.29) is 18.3 Å². The third-order valence-corrected chi connectivity index (χ3v) is 5.23. The number of aromatic nitrogens is 1. The summed E-state index contributed by atoms with van der Waals surface area (Å²) in [6, 6.07) is 13.4. The molecule has 0 saturated carbocycles. The van der Waals surface area contributed by atoms with Gasteiger partial charge in [-0.2, -0.15) is 18.2 Å². The van der Waals surface area contributed by atoms with Crippen LogP contribution in [0.5, 0.6) is 5.75 Å². The van der Waals surface area contributed by atoms with Crippen LogP contribution in [0, 0.1) is 0 Å². The van der Waals surface area contributed by atoms with Crippen molar-refractivity contribution >= 4 is 29.3 Å². The van der Waals surface area contributed by atoms with E-state index in [4.69, 9.17) is 15.2 Å². The minimum atomic E-state index is -4.52. The highest BCUT2D eigenvalue weighted by molar-refractivity contribution is 5.92. The molecule has 0 saturated heterocycles. The molecule has 1 aliphatic rings.